The van der Waals surface area contributed by atoms with Crippen LogP contribution in [0.2, 0.25) is 0 Å². The molecular weight excluding hydrogens is 515 g/mol. The van der Waals surface area contributed by atoms with Crippen LogP contribution in [0.5, 0.6) is 5.75 Å². The summed E-state index contributed by atoms with van der Waals surface area (Å²) in [7, 11) is -0.169. The number of sulfonamides is 1. The van der Waals surface area contributed by atoms with Gasteiger partial charge in [-0.2, -0.15) is 0 Å². The van der Waals surface area contributed by atoms with Gasteiger partial charge in [0.05, 0.1) is 12.3 Å². The summed E-state index contributed by atoms with van der Waals surface area (Å²) in [6.07, 6.45) is -0.0373. The molecule has 0 bridgehead atoms. The zero-order valence-electron chi connectivity index (χ0n) is 17.8. The van der Waals surface area contributed by atoms with Gasteiger partial charge in [-0.3, -0.25) is 4.99 Å². The first-order chi connectivity index (χ1) is 13.8. The molecule has 0 spiro atoms. The van der Waals surface area contributed by atoms with E-state index in [2.05, 4.69) is 20.3 Å². The summed E-state index contributed by atoms with van der Waals surface area (Å²) in [5, 5.41) is 6.49. The minimum atomic E-state index is -3.29. The van der Waals surface area contributed by atoms with Crippen molar-refractivity contribution >= 4 is 40.0 Å². The van der Waals surface area contributed by atoms with Crippen molar-refractivity contribution in [3.05, 3.63) is 65.2 Å². The highest BCUT2D eigenvalue weighted by Crippen LogP contribution is 2.17. The van der Waals surface area contributed by atoms with Crippen molar-refractivity contribution in [3.63, 3.8) is 0 Å². The molecule has 1 atom stereocenters. The van der Waals surface area contributed by atoms with Crippen LogP contribution in [0.1, 0.15) is 23.6 Å². The number of nitrogens with one attached hydrogen (secondary N) is 3. The molecule has 7 nitrogen and oxygen atoms in total. The summed E-state index contributed by atoms with van der Waals surface area (Å²) < 4.78 is 31.8. The van der Waals surface area contributed by atoms with Crippen LogP contribution in [-0.4, -0.2) is 41.1 Å². The Morgan fingerprint density at radius 1 is 1.10 bits per heavy atom. The van der Waals surface area contributed by atoms with Gasteiger partial charge in [0.25, 0.3) is 0 Å². The monoisotopic (exact) mass is 546 g/mol. The predicted octanol–water partition coefficient (Wildman–Crippen LogP) is 2.79. The second kappa shape index (κ2) is 12.8. The van der Waals surface area contributed by atoms with E-state index in [1.165, 1.54) is 7.05 Å². The second-order valence-electron chi connectivity index (χ2n) is 6.78. The van der Waals surface area contributed by atoms with E-state index in [-0.39, 0.29) is 35.8 Å². The maximum Gasteiger partial charge on any atom is 0.215 e. The fraction of sp³-hybridized carbons (Fsp3) is 0.381. The molecule has 2 rings (SSSR count). The van der Waals surface area contributed by atoms with E-state index in [0.29, 0.717) is 19.0 Å². The summed E-state index contributed by atoms with van der Waals surface area (Å²) in [6.45, 7) is 5.14. The maximum atomic E-state index is 11.7. The average Bonchev–Trinajstić information content (AvgIpc) is 2.70. The van der Waals surface area contributed by atoms with Gasteiger partial charge in [0.15, 0.2) is 5.96 Å². The molecule has 30 heavy (non-hydrogen) atoms. The molecular formula is C21H31IN4O3S. The lowest BCUT2D eigenvalue weighted by molar-refractivity contribution is 0.222. The van der Waals surface area contributed by atoms with Crippen LogP contribution in [0.25, 0.3) is 0 Å². The van der Waals surface area contributed by atoms with E-state index in [9.17, 15) is 8.42 Å². The van der Waals surface area contributed by atoms with E-state index in [4.69, 9.17) is 4.74 Å². The average molecular weight is 546 g/mol. The van der Waals surface area contributed by atoms with Gasteiger partial charge in [-0.15, -0.1) is 24.0 Å². The highest BCUT2D eigenvalue weighted by Gasteiger charge is 2.10. The van der Waals surface area contributed by atoms with Crippen molar-refractivity contribution in [1.82, 2.24) is 15.4 Å². The number of para-hydroxylation sites is 1. The molecule has 1 unspecified atom stereocenters. The molecule has 0 aliphatic heterocycles. The van der Waals surface area contributed by atoms with Crippen molar-refractivity contribution in [2.45, 2.75) is 32.2 Å². The Labute approximate surface area is 196 Å². The number of aliphatic imine (C=N–C) groups is 1. The third-order valence-corrected chi connectivity index (χ3v) is 5.66. The fourth-order valence-corrected chi connectivity index (χ4v) is 3.48. The highest BCUT2D eigenvalue weighted by molar-refractivity contribution is 14.0. The Bertz CT molecular complexity index is 935. The van der Waals surface area contributed by atoms with Crippen molar-refractivity contribution in [2.75, 3.05) is 20.6 Å². The molecule has 0 fully saturated rings. The third-order valence-electron chi connectivity index (χ3n) is 4.32. The molecule has 9 heteroatoms. The molecule has 0 heterocycles. The highest BCUT2D eigenvalue weighted by atomic mass is 127. The van der Waals surface area contributed by atoms with Gasteiger partial charge in [0, 0.05) is 13.6 Å². The topological polar surface area (TPSA) is 91.8 Å². The Hall–Kier alpha value is -1.85. The summed E-state index contributed by atoms with van der Waals surface area (Å²) >= 11 is 0. The van der Waals surface area contributed by atoms with Crippen LogP contribution in [0.3, 0.4) is 0 Å². The van der Waals surface area contributed by atoms with Crippen molar-refractivity contribution in [3.8, 4) is 5.75 Å². The van der Waals surface area contributed by atoms with E-state index in [1.54, 1.807) is 13.1 Å². The van der Waals surface area contributed by atoms with Gasteiger partial charge in [-0.25, -0.2) is 13.1 Å². The number of benzene rings is 2. The normalized spacial score (nSPS) is 12.6. The van der Waals surface area contributed by atoms with Crippen molar-refractivity contribution in [1.29, 1.82) is 0 Å². The fourth-order valence-electron chi connectivity index (χ4n) is 2.71. The Kier molecular flexibility index (Phi) is 11.1. The summed E-state index contributed by atoms with van der Waals surface area (Å²) in [6, 6.07) is 15.4. The Morgan fingerprint density at radius 3 is 2.47 bits per heavy atom. The number of guanidine groups is 1. The second-order valence-corrected chi connectivity index (χ2v) is 8.71. The SMILES string of the molecule is CN=C(NCc1cccc(CS(=O)(=O)NC)c1)NCC(C)Oc1ccccc1C.I. The third kappa shape index (κ3) is 8.88. The number of ether oxygens (including phenoxy) is 1. The molecule has 2 aromatic rings. The van der Waals surface area contributed by atoms with Crippen molar-refractivity contribution < 1.29 is 13.2 Å². The van der Waals surface area contributed by atoms with Crippen LogP contribution in [-0.2, 0) is 22.3 Å². The predicted molar refractivity (Wildman–Crippen MR) is 133 cm³/mol. The lowest BCUT2D eigenvalue weighted by Gasteiger charge is -2.19. The van der Waals surface area contributed by atoms with Gasteiger partial charge >= 0.3 is 0 Å². The molecule has 0 aliphatic rings. The molecule has 2 aromatic carbocycles. The zero-order valence-corrected chi connectivity index (χ0v) is 21.0. The van der Waals surface area contributed by atoms with Crippen LogP contribution < -0.4 is 20.1 Å². The first kappa shape index (κ1) is 26.2. The minimum Gasteiger partial charge on any atom is -0.489 e. The number of hydrogen-bond acceptors (Lipinski definition) is 4. The molecule has 0 aliphatic carbocycles. The van der Waals surface area contributed by atoms with Crippen LogP contribution >= 0.6 is 24.0 Å². The molecule has 3 N–H and O–H groups in total. The van der Waals surface area contributed by atoms with E-state index < -0.39 is 10.0 Å². The Balaban J connectivity index is 0.00000450. The summed E-state index contributed by atoms with van der Waals surface area (Å²) in [4.78, 5) is 4.23. The summed E-state index contributed by atoms with van der Waals surface area (Å²) in [5.74, 6) is 1.48. The molecule has 0 saturated heterocycles. The van der Waals surface area contributed by atoms with Gasteiger partial charge in [0.1, 0.15) is 11.9 Å². The lowest BCUT2D eigenvalue weighted by Crippen LogP contribution is -2.41. The number of aryl methyl sites for hydroxylation is 1. The van der Waals surface area contributed by atoms with Crippen molar-refractivity contribution in [2.24, 2.45) is 4.99 Å². The Morgan fingerprint density at radius 2 is 1.80 bits per heavy atom. The first-order valence-electron chi connectivity index (χ1n) is 9.49. The van der Waals surface area contributed by atoms with E-state index in [1.807, 2.05) is 56.3 Å². The van der Waals surface area contributed by atoms with Gasteiger partial charge in [0.2, 0.25) is 10.0 Å². The number of hydrogen-bond donors (Lipinski definition) is 3. The standard InChI is InChI=1S/C21H30N4O3S.HI/c1-16-8-5-6-11-20(16)28-17(2)13-24-21(22-3)25-14-18-9-7-10-19(12-18)15-29(26,27)23-4;/h5-12,17,23H,13-15H2,1-4H3,(H2,22,24,25);1H. The summed E-state index contributed by atoms with van der Waals surface area (Å²) in [5.41, 5.74) is 2.81. The molecule has 0 radical (unpaired) electrons. The first-order valence-corrected chi connectivity index (χ1v) is 11.1. The van der Waals surface area contributed by atoms with Gasteiger partial charge < -0.3 is 15.4 Å². The molecule has 0 saturated carbocycles. The molecule has 166 valence electrons. The quantitative estimate of drug-likeness (QED) is 0.256. The van der Waals surface area contributed by atoms with Crippen LogP contribution in [0.4, 0.5) is 0 Å². The van der Waals surface area contributed by atoms with Crippen LogP contribution in [0, 0.1) is 6.92 Å². The zero-order chi connectivity index (χ0) is 21.3. The lowest BCUT2D eigenvalue weighted by atomic mass is 10.1. The van der Waals surface area contributed by atoms with E-state index >= 15 is 0 Å². The molecule has 0 aromatic heterocycles. The van der Waals surface area contributed by atoms with Gasteiger partial charge in [-0.1, -0.05) is 42.5 Å². The largest absolute Gasteiger partial charge is 0.489 e. The van der Waals surface area contributed by atoms with E-state index in [0.717, 1.165) is 22.4 Å². The maximum absolute atomic E-state index is 11.7. The number of nitrogens with zero attached hydrogens (tertiary/aromatic N) is 1. The minimum absolute atomic E-state index is 0. The smallest absolute Gasteiger partial charge is 0.215 e. The van der Waals surface area contributed by atoms with Crippen LogP contribution in [0.15, 0.2) is 53.5 Å². The number of rotatable bonds is 9. The molecule has 0 amide bonds. The number of halogens is 1. The van der Waals surface area contributed by atoms with Gasteiger partial charge in [-0.05, 0) is 43.7 Å².